The van der Waals surface area contributed by atoms with Crippen LogP contribution in [0, 0.1) is 0 Å². The van der Waals surface area contributed by atoms with Crippen molar-refractivity contribution in [2.75, 3.05) is 0 Å². The predicted octanol–water partition coefficient (Wildman–Crippen LogP) is 3.31. The summed E-state index contributed by atoms with van der Waals surface area (Å²) < 4.78 is 6.43. The number of carbonyl (C=O) groups is 2. The van der Waals surface area contributed by atoms with Crippen LogP contribution in [0.15, 0.2) is 54.9 Å². The number of aromatic nitrogens is 1. The van der Waals surface area contributed by atoms with Gasteiger partial charge in [-0.05, 0) is 68.0 Å². The van der Waals surface area contributed by atoms with Gasteiger partial charge in [-0.25, -0.2) is 0 Å². The van der Waals surface area contributed by atoms with Crippen molar-refractivity contribution in [1.29, 1.82) is 0 Å². The molecule has 1 aromatic carbocycles. The molecule has 3 heterocycles. The smallest absolute Gasteiger partial charge is 0.255 e. The standard InChI is InChI=1S/C26H30N4O3/c1-17-9-12-23(25(31)29-17)30-16-18-14-20(10-11-21(18)26(30)32)33-24-8-3-2-7-22(24)28-15-19-6-4-5-13-27-19/h4-6,10-11,13-14,22-24,28H,1-3,7-9,12,15-16H2,(H,29,31)/t22-,23?,24-/m1/s1. The van der Waals surface area contributed by atoms with Gasteiger partial charge in [0.2, 0.25) is 5.91 Å². The first kappa shape index (κ1) is 21.6. The predicted molar refractivity (Wildman–Crippen MR) is 124 cm³/mol. The molecule has 3 aliphatic rings. The molecule has 2 aromatic rings. The van der Waals surface area contributed by atoms with Gasteiger partial charge in [0.1, 0.15) is 17.9 Å². The maximum Gasteiger partial charge on any atom is 0.255 e. The number of nitrogens with zero attached hydrogens (tertiary/aromatic N) is 2. The van der Waals surface area contributed by atoms with Gasteiger partial charge in [-0.15, -0.1) is 0 Å². The van der Waals surface area contributed by atoms with E-state index < -0.39 is 6.04 Å². The second kappa shape index (κ2) is 9.35. The van der Waals surface area contributed by atoms with Crippen LogP contribution in [-0.2, 0) is 17.9 Å². The minimum absolute atomic E-state index is 0.0730. The maximum atomic E-state index is 13.0. The van der Waals surface area contributed by atoms with Gasteiger partial charge >= 0.3 is 0 Å². The molecule has 2 amide bonds. The second-order valence-corrected chi connectivity index (χ2v) is 9.15. The molecule has 3 atom stereocenters. The van der Waals surface area contributed by atoms with E-state index >= 15 is 0 Å². The molecule has 172 valence electrons. The summed E-state index contributed by atoms with van der Waals surface area (Å²) in [5, 5.41) is 6.41. The number of hydrogen-bond acceptors (Lipinski definition) is 5. The van der Waals surface area contributed by atoms with E-state index in [0.29, 0.717) is 24.9 Å². The van der Waals surface area contributed by atoms with Crippen LogP contribution in [0.1, 0.15) is 60.1 Å². The third-order valence-corrected chi connectivity index (χ3v) is 6.87. The molecule has 1 saturated carbocycles. The molecule has 7 heteroatoms. The van der Waals surface area contributed by atoms with E-state index in [2.05, 4.69) is 22.2 Å². The van der Waals surface area contributed by atoms with Gasteiger partial charge in [-0.2, -0.15) is 0 Å². The maximum absolute atomic E-state index is 13.0. The lowest BCUT2D eigenvalue weighted by molar-refractivity contribution is -0.126. The van der Waals surface area contributed by atoms with Crippen molar-refractivity contribution < 1.29 is 14.3 Å². The van der Waals surface area contributed by atoms with Crippen molar-refractivity contribution in [2.45, 2.75) is 69.8 Å². The van der Waals surface area contributed by atoms with Crippen molar-refractivity contribution in [3.63, 3.8) is 0 Å². The Morgan fingerprint density at radius 2 is 2.03 bits per heavy atom. The van der Waals surface area contributed by atoms with E-state index in [9.17, 15) is 9.59 Å². The van der Waals surface area contributed by atoms with Crippen LogP contribution in [0.4, 0.5) is 0 Å². The Morgan fingerprint density at radius 1 is 1.15 bits per heavy atom. The number of nitrogens with one attached hydrogen (secondary N) is 2. The molecule has 1 saturated heterocycles. The first-order chi connectivity index (χ1) is 16.1. The molecule has 1 unspecified atom stereocenters. The van der Waals surface area contributed by atoms with Gasteiger partial charge in [-0.3, -0.25) is 14.6 Å². The molecular weight excluding hydrogens is 416 g/mol. The fourth-order valence-corrected chi connectivity index (χ4v) is 5.09. The summed E-state index contributed by atoms with van der Waals surface area (Å²) in [6, 6.07) is 11.5. The van der Waals surface area contributed by atoms with Crippen molar-refractivity contribution in [3.8, 4) is 5.75 Å². The van der Waals surface area contributed by atoms with Crippen LogP contribution < -0.4 is 15.4 Å². The van der Waals surface area contributed by atoms with Gasteiger partial charge in [0.25, 0.3) is 5.91 Å². The van der Waals surface area contributed by atoms with E-state index in [1.165, 1.54) is 6.42 Å². The molecule has 0 bridgehead atoms. The first-order valence-electron chi connectivity index (χ1n) is 11.8. The average molecular weight is 447 g/mol. The van der Waals surface area contributed by atoms with E-state index in [4.69, 9.17) is 4.74 Å². The van der Waals surface area contributed by atoms with Crippen LogP contribution in [0.3, 0.4) is 0 Å². The highest BCUT2D eigenvalue weighted by Crippen LogP contribution is 2.32. The SMILES string of the molecule is C=C1CCC(N2Cc3cc(O[C@@H]4CCCC[C@H]4NCc4ccccn4)ccc3C2=O)C(=O)N1. The van der Waals surface area contributed by atoms with Gasteiger partial charge in [0.15, 0.2) is 0 Å². The largest absolute Gasteiger partial charge is 0.489 e. The summed E-state index contributed by atoms with van der Waals surface area (Å²) in [6.07, 6.45) is 7.58. The molecule has 5 rings (SSSR count). The van der Waals surface area contributed by atoms with Crippen LogP contribution in [0.2, 0.25) is 0 Å². The summed E-state index contributed by atoms with van der Waals surface area (Å²) in [5.74, 6) is 0.547. The van der Waals surface area contributed by atoms with Gasteiger partial charge < -0.3 is 20.3 Å². The van der Waals surface area contributed by atoms with Gasteiger partial charge in [0, 0.05) is 36.6 Å². The number of benzene rings is 1. The van der Waals surface area contributed by atoms with E-state index in [0.717, 1.165) is 48.5 Å². The van der Waals surface area contributed by atoms with Crippen molar-refractivity contribution in [3.05, 3.63) is 71.7 Å². The highest BCUT2D eigenvalue weighted by Gasteiger charge is 2.38. The molecule has 2 fully saturated rings. The number of piperidine rings is 1. The zero-order valence-electron chi connectivity index (χ0n) is 18.8. The monoisotopic (exact) mass is 446 g/mol. The van der Waals surface area contributed by atoms with Gasteiger partial charge in [-0.1, -0.05) is 19.1 Å². The van der Waals surface area contributed by atoms with E-state index in [-0.39, 0.29) is 24.0 Å². The summed E-state index contributed by atoms with van der Waals surface area (Å²) in [6.45, 7) is 4.98. The Labute approximate surface area is 194 Å². The van der Waals surface area contributed by atoms with E-state index in [1.807, 2.05) is 42.6 Å². The van der Waals surface area contributed by atoms with Crippen molar-refractivity contribution >= 4 is 11.8 Å². The summed E-state index contributed by atoms with van der Waals surface area (Å²) in [7, 11) is 0. The quantitative estimate of drug-likeness (QED) is 0.711. The molecule has 1 aromatic heterocycles. The number of allylic oxidation sites excluding steroid dienone is 1. The number of rotatable bonds is 6. The first-order valence-corrected chi connectivity index (χ1v) is 11.8. The Kier molecular flexibility index (Phi) is 6.13. The Balaban J connectivity index is 1.25. The number of pyridine rings is 1. The van der Waals surface area contributed by atoms with E-state index in [1.54, 1.807) is 4.90 Å². The number of amides is 2. The molecular formula is C26H30N4O3. The zero-order valence-corrected chi connectivity index (χ0v) is 18.8. The third kappa shape index (κ3) is 4.64. The minimum atomic E-state index is -0.446. The fourth-order valence-electron chi connectivity index (χ4n) is 5.09. The molecule has 7 nitrogen and oxygen atoms in total. The Morgan fingerprint density at radius 3 is 2.85 bits per heavy atom. The lowest BCUT2D eigenvalue weighted by atomic mass is 9.92. The lowest BCUT2D eigenvalue weighted by Crippen LogP contribution is -2.49. The normalized spacial score (nSPS) is 25.0. The molecule has 1 aliphatic carbocycles. The fraction of sp³-hybridized carbons (Fsp3) is 0.423. The molecule has 33 heavy (non-hydrogen) atoms. The van der Waals surface area contributed by atoms with Gasteiger partial charge in [0.05, 0.1) is 5.69 Å². The molecule has 0 radical (unpaired) electrons. The number of ether oxygens (including phenoxy) is 1. The highest BCUT2D eigenvalue weighted by atomic mass is 16.5. The topological polar surface area (TPSA) is 83.6 Å². The van der Waals surface area contributed by atoms with Crippen molar-refractivity contribution in [1.82, 2.24) is 20.5 Å². The van der Waals surface area contributed by atoms with Crippen LogP contribution >= 0.6 is 0 Å². The number of carbonyl (C=O) groups excluding carboxylic acids is 2. The lowest BCUT2D eigenvalue weighted by Gasteiger charge is -2.32. The average Bonchev–Trinajstić information content (AvgIpc) is 3.14. The van der Waals surface area contributed by atoms with Crippen LogP contribution in [0.5, 0.6) is 5.75 Å². The Hall–Kier alpha value is -3.19. The number of hydrogen-bond donors (Lipinski definition) is 2. The van der Waals surface area contributed by atoms with Crippen molar-refractivity contribution in [2.24, 2.45) is 0 Å². The zero-order chi connectivity index (χ0) is 22.8. The molecule has 0 spiro atoms. The van der Waals surface area contributed by atoms with Crippen LogP contribution in [-0.4, -0.2) is 39.9 Å². The number of fused-ring (bicyclic) bond motifs is 1. The van der Waals surface area contributed by atoms with Crippen LogP contribution in [0.25, 0.3) is 0 Å². The summed E-state index contributed by atoms with van der Waals surface area (Å²) in [5.41, 5.74) is 3.32. The Bertz CT molecular complexity index is 1050. The summed E-state index contributed by atoms with van der Waals surface area (Å²) in [4.78, 5) is 31.5. The summed E-state index contributed by atoms with van der Waals surface area (Å²) >= 11 is 0. The second-order valence-electron chi connectivity index (χ2n) is 9.15. The molecule has 2 N–H and O–H groups in total. The highest BCUT2D eigenvalue weighted by molar-refractivity contribution is 6.01. The molecule has 2 aliphatic heterocycles. The minimum Gasteiger partial charge on any atom is -0.489 e. The third-order valence-electron chi connectivity index (χ3n) is 6.87.